The first-order valence-electron chi connectivity index (χ1n) is 6.33. The van der Waals surface area contributed by atoms with Gasteiger partial charge in [-0.05, 0) is 40.3 Å². The molecule has 1 atom stereocenters. The molecule has 0 radical (unpaired) electrons. The van der Waals surface area contributed by atoms with Gasteiger partial charge in [0.25, 0.3) is 5.91 Å². The fourth-order valence-electron chi connectivity index (χ4n) is 2.74. The van der Waals surface area contributed by atoms with Crippen LogP contribution in [0.1, 0.15) is 5.56 Å². The van der Waals surface area contributed by atoms with Gasteiger partial charge in [0.05, 0.1) is 8.61 Å². The van der Waals surface area contributed by atoms with Crippen LogP contribution in [0.4, 0.5) is 0 Å². The van der Waals surface area contributed by atoms with Gasteiger partial charge in [-0.25, -0.2) is 0 Å². The summed E-state index contributed by atoms with van der Waals surface area (Å²) in [4.78, 5) is 25.6. The second-order valence-corrected chi connectivity index (χ2v) is 6.40. The van der Waals surface area contributed by atoms with E-state index in [9.17, 15) is 9.59 Å². The van der Waals surface area contributed by atoms with E-state index in [0.29, 0.717) is 8.61 Å². The van der Waals surface area contributed by atoms with Gasteiger partial charge in [-0.15, -0.1) is 0 Å². The van der Waals surface area contributed by atoms with Gasteiger partial charge in [0.2, 0.25) is 0 Å². The van der Waals surface area contributed by atoms with E-state index in [1.165, 1.54) is 12.2 Å². The molecular weight excluding hydrogens is 401 g/mol. The first kappa shape index (κ1) is 14.5. The lowest BCUT2D eigenvalue weighted by molar-refractivity contribution is -0.125. The van der Waals surface area contributed by atoms with Crippen LogP contribution >= 0.6 is 34.2 Å². The Labute approximate surface area is 141 Å². The van der Waals surface area contributed by atoms with E-state index < -0.39 is 5.54 Å². The van der Waals surface area contributed by atoms with E-state index in [0.717, 1.165) is 11.1 Å². The van der Waals surface area contributed by atoms with Crippen molar-refractivity contribution in [3.63, 3.8) is 0 Å². The number of allylic oxidation sites excluding steroid dienone is 2. The number of benzene rings is 1. The molecule has 0 saturated carbocycles. The van der Waals surface area contributed by atoms with Gasteiger partial charge < -0.3 is 4.90 Å². The number of halogens is 2. The van der Waals surface area contributed by atoms with Crippen LogP contribution in [0.3, 0.4) is 0 Å². The highest BCUT2D eigenvalue weighted by atomic mass is 127. The summed E-state index contributed by atoms with van der Waals surface area (Å²) >= 11 is 8.45. The summed E-state index contributed by atoms with van der Waals surface area (Å²) in [6, 6.07) is 9.63. The van der Waals surface area contributed by atoms with Crippen molar-refractivity contribution in [1.82, 2.24) is 4.90 Å². The Bertz CT molecular complexity index is 736. The highest BCUT2D eigenvalue weighted by Crippen LogP contribution is 2.50. The normalized spacial score (nSPS) is 25.1. The molecule has 1 spiro atoms. The molecule has 0 fully saturated rings. The molecule has 1 aliphatic carbocycles. The molecule has 0 bridgehead atoms. The van der Waals surface area contributed by atoms with E-state index in [-0.39, 0.29) is 11.7 Å². The predicted octanol–water partition coefficient (Wildman–Crippen LogP) is 3.31. The molecule has 0 N–H and O–H groups in total. The highest BCUT2D eigenvalue weighted by Gasteiger charge is 2.51. The number of likely N-dealkylation sites (N-methyl/N-ethyl adjacent to an activating group) is 1. The Hall–Kier alpha value is -1.40. The second-order valence-electron chi connectivity index (χ2n) is 4.91. The SMILES string of the molecule is CN1C(=O)C(I)=C(c2ccccc2)[C@@]12C=CC(=O)C=C2Cl. The van der Waals surface area contributed by atoms with Crippen LogP contribution in [-0.4, -0.2) is 29.2 Å². The fourth-order valence-corrected chi connectivity index (χ4v) is 4.22. The zero-order chi connectivity index (χ0) is 15.2. The third-order valence-corrected chi connectivity index (χ3v) is 5.20. The summed E-state index contributed by atoms with van der Waals surface area (Å²) in [5.41, 5.74) is 0.857. The molecule has 5 heteroatoms. The Morgan fingerprint density at radius 2 is 1.86 bits per heavy atom. The molecule has 3 nitrogen and oxygen atoms in total. The standard InChI is InChI=1S/C16H11ClINO2/c1-19-15(21)14(18)13(10-5-3-2-4-6-10)16(19)8-7-11(20)9-12(16)17/h2-9H,1H3/t16-/m0/s1. The summed E-state index contributed by atoms with van der Waals surface area (Å²) in [5, 5.41) is 0.344. The molecule has 2 aliphatic rings. The number of hydrogen-bond acceptors (Lipinski definition) is 2. The highest BCUT2D eigenvalue weighted by molar-refractivity contribution is 14.1. The zero-order valence-electron chi connectivity index (χ0n) is 11.1. The van der Waals surface area contributed by atoms with E-state index >= 15 is 0 Å². The number of ketones is 1. The lowest BCUT2D eigenvalue weighted by Crippen LogP contribution is -2.45. The van der Waals surface area contributed by atoms with Crippen molar-refractivity contribution in [2.24, 2.45) is 0 Å². The minimum Gasteiger partial charge on any atom is -0.323 e. The first-order chi connectivity index (χ1) is 9.98. The third kappa shape index (κ3) is 2.00. The summed E-state index contributed by atoms with van der Waals surface area (Å²) in [5.74, 6) is -0.263. The molecule has 1 aromatic carbocycles. The van der Waals surface area contributed by atoms with E-state index in [2.05, 4.69) is 22.6 Å². The molecule has 1 aromatic rings. The van der Waals surface area contributed by atoms with Crippen molar-refractivity contribution in [1.29, 1.82) is 0 Å². The smallest absolute Gasteiger partial charge is 0.261 e. The van der Waals surface area contributed by atoms with E-state index in [1.54, 1.807) is 18.0 Å². The lowest BCUT2D eigenvalue weighted by atomic mass is 9.82. The monoisotopic (exact) mass is 411 g/mol. The van der Waals surface area contributed by atoms with E-state index in [4.69, 9.17) is 11.6 Å². The summed E-state index contributed by atoms with van der Waals surface area (Å²) in [7, 11) is 1.70. The van der Waals surface area contributed by atoms with Crippen LogP contribution in [0.5, 0.6) is 0 Å². The van der Waals surface area contributed by atoms with Gasteiger partial charge in [0, 0.05) is 18.7 Å². The number of carbonyl (C=O) groups is 2. The molecule has 1 aliphatic heterocycles. The molecule has 106 valence electrons. The maximum atomic E-state index is 12.4. The largest absolute Gasteiger partial charge is 0.323 e. The zero-order valence-corrected chi connectivity index (χ0v) is 14.1. The quantitative estimate of drug-likeness (QED) is 0.665. The van der Waals surface area contributed by atoms with Gasteiger partial charge in [-0.1, -0.05) is 41.9 Å². The molecule has 1 amide bonds. The maximum Gasteiger partial charge on any atom is 0.261 e. The van der Waals surface area contributed by atoms with Gasteiger partial charge in [-0.2, -0.15) is 0 Å². The van der Waals surface area contributed by atoms with Crippen molar-refractivity contribution in [2.75, 3.05) is 7.05 Å². The van der Waals surface area contributed by atoms with Crippen molar-refractivity contribution in [2.45, 2.75) is 5.54 Å². The molecule has 3 rings (SSSR count). The lowest BCUT2D eigenvalue weighted by Gasteiger charge is -2.37. The van der Waals surface area contributed by atoms with Crippen molar-refractivity contribution >= 4 is 51.5 Å². The molecule has 0 unspecified atom stereocenters. The van der Waals surface area contributed by atoms with Crippen molar-refractivity contribution in [3.05, 3.63) is 62.7 Å². The average molecular weight is 412 g/mol. The number of amides is 1. The fraction of sp³-hybridized carbons (Fsp3) is 0.125. The predicted molar refractivity (Wildman–Crippen MR) is 91.0 cm³/mol. The molecule has 0 saturated heterocycles. The summed E-state index contributed by atoms with van der Waals surface area (Å²) in [6.45, 7) is 0. The Balaban J connectivity index is 2.29. The number of hydrogen-bond donors (Lipinski definition) is 0. The van der Waals surface area contributed by atoms with Crippen LogP contribution in [0.2, 0.25) is 0 Å². The Kier molecular flexibility index (Phi) is 3.53. The minimum absolute atomic E-state index is 0.0972. The Morgan fingerprint density at radius 3 is 2.48 bits per heavy atom. The van der Waals surface area contributed by atoms with Crippen LogP contribution < -0.4 is 0 Å². The van der Waals surface area contributed by atoms with Gasteiger partial charge in [-0.3, -0.25) is 9.59 Å². The average Bonchev–Trinajstić information content (AvgIpc) is 2.67. The number of carbonyl (C=O) groups excluding carboxylic acids is 2. The maximum absolute atomic E-state index is 12.4. The Morgan fingerprint density at radius 1 is 1.19 bits per heavy atom. The summed E-state index contributed by atoms with van der Waals surface area (Å²) in [6.07, 6.45) is 4.56. The van der Waals surface area contributed by atoms with Crippen LogP contribution in [0.25, 0.3) is 5.57 Å². The van der Waals surface area contributed by atoms with Crippen LogP contribution in [-0.2, 0) is 9.59 Å². The molecule has 21 heavy (non-hydrogen) atoms. The van der Waals surface area contributed by atoms with Gasteiger partial charge in [0.15, 0.2) is 5.78 Å². The first-order valence-corrected chi connectivity index (χ1v) is 7.79. The number of rotatable bonds is 1. The van der Waals surface area contributed by atoms with Crippen molar-refractivity contribution < 1.29 is 9.59 Å². The number of nitrogens with zero attached hydrogens (tertiary/aromatic N) is 1. The summed E-state index contributed by atoms with van der Waals surface area (Å²) < 4.78 is 0.617. The van der Waals surface area contributed by atoms with Crippen LogP contribution in [0.15, 0.2) is 57.2 Å². The molecule has 0 aromatic heterocycles. The minimum atomic E-state index is -0.884. The van der Waals surface area contributed by atoms with Gasteiger partial charge in [0.1, 0.15) is 5.54 Å². The van der Waals surface area contributed by atoms with Crippen LogP contribution in [0, 0.1) is 0 Å². The second kappa shape index (κ2) is 5.10. The topological polar surface area (TPSA) is 37.4 Å². The third-order valence-electron chi connectivity index (χ3n) is 3.81. The molecule has 1 heterocycles. The van der Waals surface area contributed by atoms with Crippen molar-refractivity contribution in [3.8, 4) is 0 Å². The van der Waals surface area contributed by atoms with E-state index in [1.807, 2.05) is 30.3 Å². The molecular formula is C16H11ClINO2. The van der Waals surface area contributed by atoms with Gasteiger partial charge >= 0.3 is 0 Å².